The highest BCUT2D eigenvalue weighted by atomic mass is 31.2. The van der Waals surface area contributed by atoms with E-state index in [1.54, 1.807) is 0 Å². The van der Waals surface area contributed by atoms with Gasteiger partial charge in [-0.25, -0.2) is 9.13 Å². The van der Waals surface area contributed by atoms with Gasteiger partial charge in [0.25, 0.3) is 0 Å². The van der Waals surface area contributed by atoms with Gasteiger partial charge in [-0.2, -0.15) is 0 Å². The minimum absolute atomic E-state index is 0.101. The molecule has 0 aromatic carbocycles. The summed E-state index contributed by atoms with van der Waals surface area (Å²) < 4.78 is 67.8. The molecule has 2 unspecified atom stereocenters. The summed E-state index contributed by atoms with van der Waals surface area (Å²) in [4.78, 5) is 71.9. The second-order valence-corrected chi connectivity index (χ2v) is 27.0. The molecule has 0 bridgehead atoms. The van der Waals surface area contributed by atoms with Crippen molar-refractivity contribution in [2.75, 3.05) is 39.6 Å². The number of unbranched alkanes of at least 4 members (excludes halogenated alkanes) is 33. The van der Waals surface area contributed by atoms with Gasteiger partial charge in [0, 0.05) is 25.7 Å². The summed E-state index contributed by atoms with van der Waals surface area (Å²) in [6.45, 7) is 9.30. The monoisotopic (exact) mass is 1230 g/mol. The fourth-order valence-corrected chi connectivity index (χ4v) is 11.1. The zero-order valence-corrected chi connectivity index (χ0v) is 55.3. The van der Waals surface area contributed by atoms with Gasteiger partial charge in [-0.3, -0.25) is 37.3 Å². The summed E-state index contributed by atoms with van der Waals surface area (Å²) >= 11 is 0. The first-order chi connectivity index (χ1) is 39.9. The normalized spacial score (nSPS) is 14.3. The Morgan fingerprint density at radius 3 is 0.819 bits per heavy atom. The summed E-state index contributed by atoms with van der Waals surface area (Å²) in [5.41, 5.74) is 0. The molecule has 5 atom stereocenters. The lowest BCUT2D eigenvalue weighted by Gasteiger charge is -2.21. The van der Waals surface area contributed by atoms with E-state index in [0.717, 1.165) is 102 Å². The highest BCUT2D eigenvalue weighted by Gasteiger charge is 2.30. The Morgan fingerprint density at radius 2 is 0.554 bits per heavy atom. The Kier molecular flexibility index (Phi) is 55.2. The Labute approximate surface area is 505 Å². The summed E-state index contributed by atoms with van der Waals surface area (Å²) in [6, 6.07) is 0. The van der Waals surface area contributed by atoms with Crippen molar-refractivity contribution in [1.29, 1.82) is 0 Å². The molecule has 492 valence electrons. The molecule has 0 aromatic rings. The summed E-state index contributed by atoms with van der Waals surface area (Å²) in [7, 11) is -9.88. The molecule has 0 radical (unpaired) electrons. The Hall–Kier alpha value is -1.94. The number of hydrogen-bond acceptors (Lipinski definition) is 15. The molecule has 3 N–H and O–H groups in total. The van der Waals surface area contributed by atoms with E-state index in [1.165, 1.54) is 128 Å². The van der Waals surface area contributed by atoms with E-state index < -0.39 is 97.5 Å². The highest BCUT2D eigenvalue weighted by molar-refractivity contribution is 7.47. The molecule has 0 heterocycles. The molecule has 0 aliphatic heterocycles. The van der Waals surface area contributed by atoms with E-state index in [2.05, 4.69) is 41.5 Å². The van der Waals surface area contributed by atoms with Crippen LogP contribution in [0, 0.1) is 11.8 Å². The average molecular weight is 1230 g/mol. The standard InChI is InChI=1S/C64H124O17P2/c1-7-9-11-13-14-15-16-17-18-19-20-21-22-25-29-36-42-48-63(68)80-60(53-75-62(67)47-41-35-28-26-23-24-27-33-38-44-56(3)4)55-79-83(72,73)77-51-58(65)50-76-82(70,71)78-54-59(52-74-61(66)46-40-32-12-10-8-2)81-64(69)49-43-37-31-30-34-39-45-57(5)6/h56-60,65H,7-55H2,1-6H3,(H,70,71)(H,72,73)/t58-,59+,60+/m0/s1. The summed E-state index contributed by atoms with van der Waals surface area (Å²) in [5, 5.41) is 10.5. The number of aliphatic hydroxyl groups excluding tert-OH is 1. The van der Waals surface area contributed by atoms with E-state index in [0.29, 0.717) is 31.6 Å². The average Bonchev–Trinajstić information content (AvgIpc) is 3.46. The maximum absolute atomic E-state index is 13.0. The van der Waals surface area contributed by atoms with Gasteiger partial charge in [-0.05, 0) is 37.5 Å². The molecule has 0 saturated carbocycles. The van der Waals surface area contributed by atoms with Crippen molar-refractivity contribution in [3.05, 3.63) is 0 Å². The Balaban J connectivity index is 5.15. The third kappa shape index (κ3) is 58.8. The van der Waals surface area contributed by atoms with Gasteiger partial charge < -0.3 is 33.8 Å². The summed E-state index contributed by atoms with van der Waals surface area (Å²) in [5.74, 6) is -0.735. The molecular formula is C64H124O17P2. The van der Waals surface area contributed by atoms with Crippen LogP contribution in [0.2, 0.25) is 0 Å². The van der Waals surface area contributed by atoms with Crippen molar-refractivity contribution in [2.45, 2.75) is 336 Å². The second kappa shape index (κ2) is 56.6. The quantitative estimate of drug-likeness (QED) is 0.0222. The number of phosphoric ester groups is 2. The molecule has 83 heavy (non-hydrogen) atoms. The molecule has 19 heteroatoms. The number of aliphatic hydroxyl groups is 1. The van der Waals surface area contributed by atoms with E-state index in [1.807, 2.05) is 0 Å². The maximum atomic E-state index is 13.0. The fraction of sp³-hybridized carbons (Fsp3) is 0.938. The first kappa shape index (κ1) is 81.1. The SMILES string of the molecule is CCCCCCCCCCCCCCCCCCCC(=O)O[C@H](COC(=O)CCCCCCCCCCCC(C)C)COP(=O)(O)OC[C@@H](O)COP(=O)(O)OC[C@@H](COC(=O)CCCCCCC)OC(=O)CCCCCCCCC(C)C. The van der Waals surface area contributed by atoms with Crippen molar-refractivity contribution in [3.63, 3.8) is 0 Å². The van der Waals surface area contributed by atoms with Crippen LogP contribution in [0.25, 0.3) is 0 Å². The third-order valence-electron chi connectivity index (χ3n) is 14.7. The van der Waals surface area contributed by atoms with Crippen LogP contribution in [0.15, 0.2) is 0 Å². The number of phosphoric acid groups is 2. The van der Waals surface area contributed by atoms with Crippen LogP contribution in [0.3, 0.4) is 0 Å². The van der Waals surface area contributed by atoms with Crippen molar-refractivity contribution in [1.82, 2.24) is 0 Å². The molecule has 0 saturated heterocycles. The summed E-state index contributed by atoms with van der Waals surface area (Å²) in [6.07, 6.45) is 39.6. The maximum Gasteiger partial charge on any atom is 0.472 e. The Bertz CT molecular complexity index is 1630. The lowest BCUT2D eigenvalue weighted by Crippen LogP contribution is -2.30. The van der Waals surface area contributed by atoms with E-state index >= 15 is 0 Å². The van der Waals surface area contributed by atoms with Crippen LogP contribution in [0.5, 0.6) is 0 Å². The molecular weight excluding hydrogens is 1100 g/mol. The van der Waals surface area contributed by atoms with Crippen LogP contribution in [0.4, 0.5) is 0 Å². The zero-order valence-electron chi connectivity index (χ0n) is 53.5. The van der Waals surface area contributed by atoms with Gasteiger partial charge in [-0.15, -0.1) is 0 Å². The van der Waals surface area contributed by atoms with Crippen LogP contribution in [-0.4, -0.2) is 96.7 Å². The van der Waals surface area contributed by atoms with Gasteiger partial charge in [0.1, 0.15) is 19.3 Å². The van der Waals surface area contributed by atoms with Crippen LogP contribution < -0.4 is 0 Å². The molecule has 0 fully saturated rings. The lowest BCUT2D eigenvalue weighted by molar-refractivity contribution is -0.161. The third-order valence-corrected chi connectivity index (χ3v) is 16.6. The number of ether oxygens (including phenoxy) is 4. The van der Waals surface area contributed by atoms with Crippen LogP contribution >= 0.6 is 15.6 Å². The van der Waals surface area contributed by atoms with Crippen molar-refractivity contribution >= 4 is 39.5 Å². The van der Waals surface area contributed by atoms with E-state index in [4.69, 9.17) is 37.0 Å². The lowest BCUT2D eigenvalue weighted by atomic mass is 10.0. The van der Waals surface area contributed by atoms with Crippen molar-refractivity contribution < 1.29 is 80.2 Å². The van der Waals surface area contributed by atoms with E-state index in [9.17, 15) is 43.2 Å². The predicted molar refractivity (Wildman–Crippen MR) is 331 cm³/mol. The van der Waals surface area contributed by atoms with Gasteiger partial charge >= 0.3 is 39.5 Å². The number of carbonyl (C=O) groups is 4. The minimum Gasteiger partial charge on any atom is -0.462 e. The first-order valence-corrected chi connectivity index (χ1v) is 36.5. The zero-order chi connectivity index (χ0) is 61.5. The molecule has 0 amide bonds. The van der Waals surface area contributed by atoms with Crippen LogP contribution in [-0.2, 0) is 65.4 Å². The van der Waals surface area contributed by atoms with E-state index in [-0.39, 0.29) is 25.7 Å². The molecule has 0 aliphatic carbocycles. The van der Waals surface area contributed by atoms with Crippen molar-refractivity contribution in [2.24, 2.45) is 11.8 Å². The number of carbonyl (C=O) groups excluding carboxylic acids is 4. The van der Waals surface area contributed by atoms with Gasteiger partial charge in [0.15, 0.2) is 12.2 Å². The topological polar surface area (TPSA) is 237 Å². The van der Waals surface area contributed by atoms with Gasteiger partial charge in [-0.1, -0.05) is 266 Å². The Morgan fingerprint density at radius 1 is 0.325 bits per heavy atom. The number of rotatable bonds is 63. The molecule has 0 aromatic heterocycles. The van der Waals surface area contributed by atoms with Crippen molar-refractivity contribution in [3.8, 4) is 0 Å². The number of esters is 4. The fourth-order valence-electron chi connectivity index (χ4n) is 9.53. The van der Waals surface area contributed by atoms with Crippen LogP contribution in [0.1, 0.15) is 318 Å². The highest BCUT2D eigenvalue weighted by Crippen LogP contribution is 2.45. The predicted octanol–water partition coefficient (Wildman–Crippen LogP) is 17.7. The molecule has 0 aliphatic rings. The van der Waals surface area contributed by atoms with Gasteiger partial charge in [0.05, 0.1) is 26.4 Å². The largest absolute Gasteiger partial charge is 0.472 e. The van der Waals surface area contributed by atoms with Gasteiger partial charge in [0.2, 0.25) is 0 Å². The minimum atomic E-state index is -4.94. The second-order valence-electron chi connectivity index (χ2n) is 24.1. The molecule has 0 spiro atoms. The molecule has 0 rings (SSSR count). The smallest absolute Gasteiger partial charge is 0.462 e. The number of hydrogen-bond donors (Lipinski definition) is 3. The first-order valence-electron chi connectivity index (χ1n) is 33.5. The molecule has 17 nitrogen and oxygen atoms in total.